The summed E-state index contributed by atoms with van der Waals surface area (Å²) in [5.41, 5.74) is 2.27. The van der Waals surface area contributed by atoms with Gasteiger partial charge in [-0.15, -0.1) is 0 Å². The Morgan fingerprint density at radius 1 is 1.33 bits per heavy atom. The Labute approximate surface area is 110 Å². The Morgan fingerprint density at radius 3 is 2.50 bits per heavy atom. The molecule has 0 bridgehead atoms. The summed E-state index contributed by atoms with van der Waals surface area (Å²) in [6.07, 6.45) is 1.84. The van der Waals surface area contributed by atoms with Gasteiger partial charge >= 0.3 is 0 Å². The van der Waals surface area contributed by atoms with Gasteiger partial charge in [0.15, 0.2) is 0 Å². The van der Waals surface area contributed by atoms with Gasteiger partial charge in [-0.2, -0.15) is 0 Å². The van der Waals surface area contributed by atoms with Crippen LogP contribution in [0.5, 0.6) is 0 Å². The smallest absolute Gasteiger partial charge is 0.0819 e. The summed E-state index contributed by atoms with van der Waals surface area (Å²) in [6, 6.07) is 10.0. The Hall–Kier alpha value is -1.12. The fraction of sp³-hybridized carbons (Fsp3) is 0.500. The van der Waals surface area contributed by atoms with Crippen LogP contribution >= 0.6 is 0 Å². The van der Waals surface area contributed by atoms with Crippen LogP contribution < -0.4 is 0 Å². The topological polar surface area (TPSA) is 23.5 Å². The summed E-state index contributed by atoms with van der Waals surface area (Å²) in [4.78, 5) is 2.43. The molecule has 0 aliphatic carbocycles. The molecular weight excluding hydrogens is 222 g/mol. The van der Waals surface area contributed by atoms with E-state index in [0.717, 1.165) is 38.0 Å². The van der Waals surface area contributed by atoms with E-state index in [1.165, 1.54) is 5.57 Å². The van der Waals surface area contributed by atoms with Gasteiger partial charge in [0.1, 0.15) is 0 Å². The second-order valence-electron chi connectivity index (χ2n) is 5.43. The highest BCUT2D eigenvalue weighted by molar-refractivity contribution is 5.18. The molecule has 0 radical (unpaired) electrons. The van der Waals surface area contributed by atoms with Gasteiger partial charge in [-0.25, -0.2) is 0 Å². The lowest BCUT2D eigenvalue weighted by Crippen LogP contribution is -2.36. The maximum Gasteiger partial charge on any atom is 0.0819 e. The highest BCUT2D eigenvalue weighted by atomic mass is 16.3. The number of aliphatic hydroxyl groups excluding tert-OH is 1. The third-order valence-corrected chi connectivity index (χ3v) is 3.71. The molecule has 0 saturated carbocycles. The minimum absolute atomic E-state index is 0.307. The van der Waals surface area contributed by atoms with Crippen molar-refractivity contribution in [2.45, 2.75) is 25.9 Å². The average molecular weight is 245 g/mol. The quantitative estimate of drug-likeness (QED) is 0.824. The fourth-order valence-electron chi connectivity index (χ4n) is 2.73. The second kappa shape index (κ2) is 6.17. The number of benzene rings is 1. The van der Waals surface area contributed by atoms with Crippen LogP contribution in [-0.4, -0.2) is 29.6 Å². The van der Waals surface area contributed by atoms with E-state index in [1.54, 1.807) is 0 Å². The molecule has 1 N–H and O–H groups in total. The molecule has 0 unspecified atom stereocenters. The van der Waals surface area contributed by atoms with Crippen LogP contribution in [0.3, 0.4) is 0 Å². The molecule has 1 heterocycles. The van der Waals surface area contributed by atoms with E-state index < -0.39 is 0 Å². The zero-order valence-corrected chi connectivity index (χ0v) is 11.2. The van der Waals surface area contributed by atoms with Crippen molar-refractivity contribution in [1.29, 1.82) is 0 Å². The van der Waals surface area contributed by atoms with Crippen LogP contribution in [-0.2, 0) is 0 Å². The first-order valence-electron chi connectivity index (χ1n) is 6.76. The zero-order valence-electron chi connectivity index (χ0n) is 11.2. The first-order chi connectivity index (χ1) is 8.66. The zero-order chi connectivity index (χ0) is 13.0. The van der Waals surface area contributed by atoms with Crippen LogP contribution in [0.15, 0.2) is 42.5 Å². The maximum absolute atomic E-state index is 10.4. The third kappa shape index (κ3) is 3.44. The third-order valence-electron chi connectivity index (χ3n) is 3.71. The molecule has 1 aromatic rings. The minimum Gasteiger partial charge on any atom is -0.388 e. The molecule has 1 atom stereocenters. The van der Waals surface area contributed by atoms with Crippen molar-refractivity contribution in [3.8, 4) is 0 Å². The number of aliphatic hydroxyl groups is 1. The molecule has 98 valence electrons. The molecule has 1 aliphatic rings. The number of nitrogens with zero attached hydrogens (tertiary/aromatic N) is 1. The molecule has 2 nitrogen and oxygen atoms in total. The summed E-state index contributed by atoms with van der Waals surface area (Å²) >= 11 is 0. The van der Waals surface area contributed by atoms with E-state index in [0.29, 0.717) is 5.92 Å². The molecule has 1 saturated heterocycles. The predicted molar refractivity (Wildman–Crippen MR) is 75.4 cm³/mol. The van der Waals surface area contributed by atoms with E-state index in [2.05, 4.69) is 18.4 Å². The molecule has 18 heavy (non-hydrogen) atoms. The van der Waals surface area contributed by atoms with Crippen LogP contribution in [0.2, 0.25) is 0 Å². The van der Waals surface area contributed by atoms with E-state index in [-0.39, 0.29) is 6.10 Å². The van der Waals surface area contributed by atoms with Gasteiger partial charge < -0.3 is 5.11 Å². The Morgan fingerprint density at radius 2 is 1.94 bits per heavy atom. The fourth-order valence-corrected chi connectivity index (χ4v) is 2.73. The van der Waals surface area contributed by atoms with Crippen molar-refractivity contribution in [1.82, 2.24) is 4.90 Å². The van der Waals surface area contributed by atoms with Crippen molar-refractivity contribution in [2.24, 2.45) is 5.92 Å². The van der Waals surface area contributed by atoms with Crippen molar-refractivity contribution in [3.05, 3.63) is 48.0 Å². The second-order valence-corrected chi connectivity index (χ2v) is 5.43. The van der Waals surface area contributed by atoms with Crippen molar-refractivity contribution in [2.75, 3.05) is 19.6 Å². The van der Waals surface area contributed by atoms with Crippen molar-refractivity contribution in [3.63, 3.8) is 0 Å². The summed E-state index contributed by atoms with van der Waals surface area (Å²) in [6.45, 7) is 9.17. The molecular formula is C16H23NO. The average Bonchev–Trinajstić information content (AvgIpc) is 2.39. The van der Waals surface area contributed by atoms with Gasteiger partial charge in [0.05, 0.1) is 6.10 Å². The molecule has 2 rings (SSSR count). The van der Waals surface area contributed by atoms with Crippen molar-refractivity contribution >= 4 is 0 Å². The summed E-state index contributed by atoms with van der Waals surface area (Å²) < 4.78 is 0. The van der Waals surface area contributed by atoms with Gasteiger partial charge in [0.25, 0.3) is 0 Å². The van der Waals surface area contributed by atoms with Gasteiger partial charge in [-0.1, -0.05) is 42.5 Å². The number of rotatable bonds is 4. The van der Waals surface area contributed by atoms with Gasteiger partial charge in [0, 0.05) is 6.54 Å². The van der Waals surface area contributed by atoms with E-state index in [9.17, 15) is 5.11 Å². The summed E-state index contributed by atoms with van der Waals surface area (Å²) in [7, 11) is 0. The number of hydrogen-bond acceptors (Lipinski definition) is 2. The molecule has 2 heteroatoms. The minimum atomic E-state index is -0.307. The van der Waals surface area contributed by atoms with Crippen LogP contribution in [0.1, 0.15) is 31.4 Å². The molecule has 1 aliphatic heterocycles. The van der Waals surface area contributed by atoms with E-state index >= 15 is 0 Å². The monoisotopic (exact) mass is 245 g/mol. The van der Waals surface area contributed by atoms with Gasteiger partial charge in [-0.3, -0.25) is 4.90 Å². The molecule has 1 aromatic carbocycles. The summed E-state index contributed by atoms with van der Waals surface area (Å²) in [5, 5.41) is 10.4. The molecule has 0 aromatic heterocycles. The van der Waals surface area contributed by atoms with Crippen LogP contribution in [0, 0.1) is 5.92 Å². The number of hydrogen-bond donors (Lipinski definition) is 1. The first-order valence-corrected chi connectivity index (χ1v) is 6.76. The van der Waals surface area contributed by atoms with Gasteiger partial charge in [0.2, 0.25) is 0 Å². The Bertz CT molecular complexity index is 379. The van der Waals surface area contributed by atoms with Gasteiger partial charge in [-0.05, 0) is 44.3 Å². The lowest BCUT2D eigenvalue weighted by molar-refractivity contribution is 0.0615. The number of piperidine rings is 1. The Kier molecular flexibility index (Phi) is 4.56. The SMILES string of the molecule is C=C(C)CN1CCC([C@@H](O)c2ccccc2)CC1. The molecule has 0 spiro atoms. The highest BCUT2D eigenvalue weighted by Crippen LogP contribution is 2.30. The normalized spacial score (nSPS) is 19.7. The summed E-state index contributed by atoms with van der Waals surface area (Å²) in [5.74, 6) is 0.397. The number of likely N-dealkylation sites (tertiary alicyclic amines) is 1. The lowest BCUT2D eigenvalue weighted by Gasteiger charge is -2.34. The molecule has 0 amide bonds. The predicted octanol–water partition coefficient (Wildman–Crippen LogP) is 3.01. The van der Waals surface area contributed by atoms with Crippen LogP contribution in [0.4, 0.5) is 0 Å². The van der Waals surface area contributed by atoms with Crippen LogP contribution in [0.25, 0.3) is 0 Å². The standard InChI is InChI=1S/C16H23NO/c1-13(2)12-17-10-8-15(9-11-17)16(18)14-6-4-3-5-7-14/h3-7,15-16,18H,1,8-12H2,2H3/t16-/m0/s1. The Balaban J connectivity index is 1.88. The van der Waals surface area contributed by atoms with E-state index in [4.69, 9.17) is 0 Å². The lowest BCUT2D eigenvalue weighted by atomic mass is 9.87. The van der Waals surface area contributed by atoms with Crippen molar-refractivity contribution < 1.29 is 5.11 Å². The highest BCUT2D eigenvalue weighted by Gasteiger charge is 2.25. The van der Waals surface area contributed by atoms with E-state index in [1.807, 2.05) is 30.3 Å². The maximum atomic E-state index is 10.4. The molecule has 1 fully saturated rings. The largest absolute Gasteiger partial charge is 0.388 e. The first kappa shape index (κ1) is 13.3.